The molecule has 4 nitrogen and oxygen atoms in total. The molecule has 0 aliphatic heterocycles. The van der Waals surface area contributed by atoms with Crippen LogP contribution in [0.1, 0.15) is 35.2 Å². The molecular formula is C15H14F2N2O2. The summed E-state index contributed by atoms with van der Waals surface area (Å²) in [5.74, 6) is -0.893. The molecule has 1 aliphatic carbocycles. The van der Waals surface area contributed by atoms with E-state index < -0.39 is 17.5 Å². The van der Waals surface area contributed by atoms with Gasteiger partial charge in [-0.2, -0.15) is 0 Å². The molecule has 0 spiro atoms. The Labute approximate surface area is 120 Å². The Morgan fingerprint density at radius 1 is 1.43 bits per heavy atom. The Balaban J connectivity index is 1.85. The first-order valence-corrected chi connectivity index (χ1v) is 6.78. The van der Waals surface area contributed by atoms with Gasteiger partial charge in [-0.3, -0.25) is 4.79 Å². The van der Waals surface area contributed by atoms with Crippen LogP contribution in [0.2, 0.25) is 0 Å². The number of aryl methyl sites for hydroxylation is 1. The van der Waals surface area contributed by atoms with Crippen LogP contribution >= 0.6 is 0 Å². The van der Waals surface area contributed by atoms with Crippen LogP contribution in [-0.4, -0.2) is 11.1 Å². The second kappa shape index (κ2) is 5.27. The fourth-order valence-electron chi connectivity index (χ4n) is 2.53. The van der Waals surface area contributed by atoms with Crippen molar-refractivity contribution in [3.8, 4) is 0 Å². The Kier molecular flexibility index (Phi) is 3.45. The molecule has 110 valence electrons. The van der Waals surface area contributed by atoms with Crippen LogP contribution in [0.25, 0.3) is 0 Å². The lowest BCUT2D eigenvalue weighted by Gasteiger charge is -2.16. The number of hydrogen-bond acceptors (Lipinski definition) is 3. The lowest BCUT2D eigenvalue weighted by molar-refractivity contribution is 0.101. The maximum absolute atomic E-state index is 13.6. The molecule has 0 bridgehead atoms. The molecule has 1 N–H and O–H groups in total. The molecule has 1 atom stereocenters. The van der Waals surface area contributed by atoms with Crippen molar-refractivity contribution in [3.05, 3.63) is 46.9 Å². The lowest BCUT2D eigenvalue weighted by Crippen LogP contribution is -2.18. The van der Waals surface area contributed by atoms with E-state index in [2.05, 4.69) is 17.4 Å². The number of amides is 1. The number of halogens is 2. The summed E-state index contributed by atoms with van der Waals surface area (Å²) in [5, 5.41) is 6.19. The number of nitrogens with one attached hydrogen (secondary N) is 1. The van der Waals surface area contributed by atoms with Gasteiger partial charge in [-0.25, -0.2) is 8.78 Å². The van der Waals surface area contributed by atoms with E-state index >= 15 is 0 Å². The Morgan fingerprint density at radius 3 is 3.00 bits per heavy atom. The van der Waals surface area contributed by atoms with E-state index in [0.717, 1.165) is 36.3 Å². The second-order valence-corrected chi connectivity index (χ2v) is 5.36. The van der Waals surface area contributed by atoms with Gasteiger partial charge in [0, 0.05) is 18.1 Å². The molecule has 0 fully saturated rings. The zero-order valence-electron chi connectivity index (χ0n) is 11.5. The first kappa shape index (κ1) is 13.7. The summed E-state index contributed by atoms with van der Waals surface area (Å²) >= 11 is 0. The molecule has 3 rings (SSSR count). The maximum atomic E-state index is 13.6. The monoisotopic (exact) mass is 292 g/mol. The van der Waals surface area contributed by atoms with Gasteiger partial charge in [-0.1, -0.05) is 12.1 Å². The highest BCUT2D eigenvalue weighted by atomic mass is 19.1. The molecular weight excluding hydrogens is 278 g/mol. The predicted molar refractivity (Wildman–Crippen MR) is 72.0 cm³/mol. The van der Waals surface area contributed by atoms with Crippen LogP contribution in [0.4, 0.5) is 14.5 Å². The SMILES string of the molecule is CC1CCc2onc(C(=O)Nc3ccc(F)cc3F)c2C1. The summed E-state index contributed by atoms with van der Waals surface area (Å²) in [6.07, 6.45) is 2.46. The second-order valence-electron chi connectivity index (χ2n) is 5.36. The molecule has 1 aromatic carbocycles. The van der Waals surface area contributed by atoms with E-state index in [0.29, 0.717) is 12.3 Å². The molecule has 1 heterocycles. The predicted octanol–water partition coefficient (Wildman–Crippen LogP) is 3.33. The summed E-state index contributed by atoms with van der Waals surface area (Å²) in [6.45, 7) is 2.09. The van der Waals surface area contributed by atoms with E-state index in [4.69, 9.17) is 4.52 Å². The highest BCUT2D eigenvalue weighted by Gasteiger charge is 2.27. The first-order valence-electron chi connectivity index (χ1n) is 6.78. The standard InChI is InChI=1S/C15H14F2N2O2/c1-8-2-5-13-10(6-8)14(19-21-13)15(20)18-12-4-3-9(16)7-11(12)17/h3-4,7-8H,2,5-6H2,1H3,(H,18,20). The minimum Gasteiger partial charge on any atom is -0.360 e. The summed E-state index contributed by atoms with van der Waals surface area (Å²) in [5.41, 5.74) is 0.885. The van der Waals surface area contributed by atoms with Crippen molar-refractivity contribution in [1.82, 2.24) is 5.16 Å². The van der Waals surface area contributed by atoms with Crippen molar-refractivity contribution in [3.63, 3.8) is 0 Å². The van der Waals surface area contributed by atoms with Crippen LogP contribution < -0.4 is 5.32 Å². The normalized spacial score (nSPS) is 17.4. The maximum Gasteiger partial charge on any atom is 0.278 e. The van der Waals surface area contributed by atoms with Crippen molar-refractivity contribution in [2.75, 3.05) is 5.32 Å². The average molecular weight is 292 g/mol. The quantitative estimate of drug-likeness (QED) is 0.923. The average Bonchev–Trinajstić information content (AvgIpc) is 2.85. The zero-order valence-corrected chi connectivity index (χ0v) is 11.5. The molecule has 0 saturated carbocycles. The van der Waals surface area contributed by atoms with Crippen molar-refractivity contribution in [2.24, 2.45) is 5.92 Å². The van der Waals surface area contributed by atoms with E-state index in [1.807, 2.05) is 0 Å². The molecule has 0 radical (unpaired) electrons. The first-order chi connectivity index (χ1) is 10.0. The highest BCUT2D eigenvalue weighted by molar-refractivity contribution is 6.04. The molecule has 21 heavy (non-hydrogen) atoms. The molecule has 1 aromatic heterocycles. The number of carbonyl (C=O) groups is 1. The number of rotatable bonds is 2. The number of anilines is 1. The summed E-state index contributed by atoms with van der Waals surface area (Å²) in [4.78, 5) is 12.2. The Hall–Kier alpha value is -2.24. The topological polar surface area (TPSA) is 55.1 Å². The molecule has 1 aliphatic rings. The van der Waals surface area contributed by atoms with Gasteiger partial charge >= 0.3 is 0 Å². The van der Waals surface area contributed by atoms with Crippen LogP contribution in [0.5, 0.6) is 0 Å². The third kappa shape index (κ3) is 2.66. The van der Waals surface area contributed by atoms with Gasteiger partial charge < -0.3 is 9.84 Å². The van der Waals surface area contributed by atoms with E-state index in [9.17, 15) is 13.6 Å². The van der Waals surface area contributed by atoms with Gasteiger partial charge in [0.05, 0.1) is 5.69 Å². The van der Waals surface area contributed by atoms with Crippen molar-refractivity contribution in [2.45, 2.75) is 26.2 Å². The van der Waals surface area contributed by atoms with E-state index in [1.165, 1.54) is 6.07 Å². The summed E-state index contributed by atoms with van der Waals surface area (Å²) in [6, 6.07) is 2.98. The zero-order chi connectivity index (χ0) is 15.0. The lowest BCUT2D eigenvalue weighted by atomic mass is 9.88. The van der Waals surface area contributed by atoms with Gasteiger partial charge in [0.2, 0.25) is 0 Å². The third-order valence-corrected chi connectivity index (χ3v) is 3.68. The van der Waals surface area contributed by atoms with Gasteiger partial charge in [0.1, 0.15) is 17.4 Å². The van der Waals surface area contributed by atoms with Gasteiger partial charge in [0.25, 0.3) is 5.91 Å². The number of fused-ring (bicyclic) bond motifs is 1. The number of nitrogens with zero attached hydrogens (tertiary/aromatic N) is 1. The molecule has 2 aromatic rings. The van der Waals surface area contributed by atoms with E-state index in [1.54, 1.807) is 0 Å². The molecule has 6 heteroatoms. The third-order valence-electron chi connectivity index (χ3n) is 3.68. The number of benzene rings is 1. The van der Waals surface area contributed by atoms with Crippen LogP contribution in [0.15, 0.2) is 22.7 Å². The highest BCUT2D eigenvalue weighted by Crippen LogP contribution is 2.28. The Morgan fingerprint density at radius 2 is 2.24 bits per heavy atom. The van der Waals surface area contributed by atoms with Crippen molar-refractivity contribution in [1.29, 1.82) is 0 Å². The van der Waals surface area contributed by atoms with E-state index in [-0.39, 0.29) is 11.4 Å². The molecule has 1 amide bonds. The number of aromatic nitrogens is 1. The van der Waals surface area contributed by atoms with Crippen molar-refractivity contribution >= 4 is 11.6 Å². The smallest absolute Gasteiger partial charge is 0.278 e. The fourth-order valence-corrected chi connectivity index (χ4v) is 2.53. The van der Waals surface area contributed by atoms with Gasteiger partial charge in [-0.15, -0.1) is 0 Å². The van der Waals surface area contributed by atoms with Crippen LogP contribution in [0, 0.1) is 17.6 Å². The minimum absolute atomic E-state index is 0.0815. The molecule has 1 unspecified atom stereocenters. The number of hydrogen-bond donors (Lipinski definition) is 1. The van der Waals surface area contributed by atoms with Gasteiger partial charge in [-0.05, 0) is 30.9 Å². The van der Waals surface area contributed by atoms with Crippen LogP contribution in [0.3, 0.4) is 0 Å². The summed E-state index contributed by atoms with van der Waals surface area (Å²) in [7, 11) is 0. The number of carbonyl (C=O) groups excluding carboxylic acids is 1. The van der Waals surface area contributed by atoms with Crippen molar-refractivity contribution < 1.29 is 18.1 Å². The summed E-state index contributed by atoms with van der Waals surface area (Å²) < 4.78 is 31.6. The van der Waals surface area contributed by atoms with Crippen LogP contribution in [-0.2, 0) is 12.8 Å². The fraction of sp³-hybridized carbons (Fsp3) is 0.333. The largest absolute Gasteiger partial charge is 0.360 e. The van der Waals surface area contributed by atoms with Gasteiger partial charge in [0.15, 0.2) is 5.69 Å². The minimum atomic E-state index is -0.825. The molecule has 0 saturated heterocycles. The Bertz CT molecular complexity index is 697.